The second-order valence-corrected chi connectivity index (χ2v) is 4.45. The van der Waals surface area contributed by atoms with E-state index in [2.05, 4.69) is 5.32 Å². The second-order valence-electron chi connectivity index (χ2n) is 4.45. The molecule has 0 saturated carbocycles. The van der Waals surface area contributed by atoms with Gasteiger partial charge in [0.1, 0.15) is 6.04 Å². The van der Waals surface area contributed by atoms with E-state index >= 15 is 0 Å². The number of carboxylic acid groups (broad SMARTS) is 1. The fraction of sp³-hybridized carbons (Fsp3) is 0.462. The van der Waals surface area contributed by atoms with Crippen molar-refractivity contribution in [1.29, 1.82) is 0 Å². The normalized spacial score (nSPS) is 12.8. The Balaban J connectivity index is 3.10. The predicted molar refractivity (Wildman–Crippen MR) is 64.6 cm³/mol. The summed E-state index contributed by atoms with van der Waals surface area (Å²) in [7, 11) is 0. The van der Waals surface area contributed by atoms with Gasteiger partial charge in [0, 0.05) is 6.04 Å². The highest BCUT2D eigenvalue weighted by Gasteiger charge is 2.21. The van der Waals surface area contributed by atoms with Crippen molar-refractivity contribution in [3.8, 4) is 0 Å². The van der Waals surface area contributed by atoms with Crippen molar-refractivity contribution < 1.29 is 9.90 Å². The highest BCUT2D eigenvalue weighted by molar-refractivity contribution is 5.76. The lowest BCUT2D eigenvalue weighted by Gasteiger charge is -2.19. The summed E-state index contributed by atoms with van der Waals surface area (Å²) in [5.41, 5.74) is 2.93. The zero-order chi connectivity index (χ0) is 12.3. The Bertz CT molecular complexity index is 386. The van der Waals surface area contributed by atoms with Gasteiger partial charge in [-0.1, -0.05) is 23.8 Å². The first kappa shape index (κ1) is 12.7. The minimum atomic E-state index is -0.831. The first-order chi connectivity index (χ1) is 7.41. The predicted octanol–water partition coefficient (Wildman–Crippen LogP) is 2.43. The lowest BCUT2D eigenvalue weighted by molar-refractivity contribution is -0.139. The second kappa shape index (κ2) is 5.12. The van der Waals surface area contributed by atoms with Gasteiger partial charge >= 0.3 is 5.97 Å². The van der Waals surface area contributed by atoms with Crippen molar-refractivity contribution in [2.24, 2.45) is 0 Å². The molecule has 0 aliphatic rings. The molecule has 0 heterocycles. The van der Waals surface area contributed by atoms with E-state index < -0.39 is 12.0 Å². The van der Waals surface area contributed by atoms with Gasteiger partial charge in [-0.25, -0.2) is 0 Å². The van der Waals surface area contributed by atoms with Crippen LogP contribution in [-0.4, -0.2) is 17.1 Å². The van der Waals surface area contributed by atoms with Crippen LogP contribution < -0.4 is 5.32 Å². The fourth-order valence-corrected chi connectivity index (χ4v) is 1.70. The third-order valence-corrected chi connectivity index (χ3v) is 2.49. The van der Waals surface area contributed by atoms with Gasteiger partial charge in [-0.3, -0.25) is 10.1 Å². The maximum Gasteiger partial charge on any atom is 0.325 e. The Hall–Kier alpha value is -1.35. The summed E-state index contributed by atoms with van der Waals surface area (Å²) < 4.78 is 0. The Kier molecular flexibility index (Phi) is 4.07. The molecule has 1 atom stereocenters. The van der Waals surface area contributed by atoms with Crippen LogP contribution in [0, 0.1) is 13.8 Å². The van der Waals surface area contributed by atoms with Gasteiger partial charge in [0.2, 0.25) is 0 Å². The third-order valence-electron chi connectivity index (χ3n) is 2.49. The van der Waals surface area contributed by atoms with E-state index in [1.165, 1.54) is 0 Å². The molecule has 16 heavy (non-hydrogen) atoms. The first-order valence-electron chi connectivity index (χ1n) is 5.48. The fourth-order valence-electron chi connectivity index (χ4n) is 1.70. The molecule has 2 N–H and O–H groups in total. The average Bonchev–Trinajstić information content (AvgIpc) is 2.18. The maximum absolute atomic E-state index is 11.2. The van der Waals surface area contributed by atoms with Crippen LogP contribution in [0.1, 0.15) is 36.6 Å². The van der Waals surface area contributed by atoms with Gasteiger partial charge in [-0.15, -0.1) is 0 Å². The highest BCUT2D eigenvalue weighted by atomic mass is 16.4. The van der Waals surface area contributed by atoms with Gasteiger partial charge in [-0.2, -0.15) is 0 Å². The van der Waals surface area contributed by atoms with Gasteiger partial charge < -0.3 is 5.11 Å². The molecule has 1 aromatic rings. The van der Waals surface area contributed by atoms with E-state index in [1.807, 2.05) is 45.9 Å². The van der Waals surface area contributed by atoms with Crippen LogP contribution in [0.3, 0.4) is 0 Å². The average molecular weight is 221 g/mol. The van der Waals surface area contributed by atoms with E-state index in [1.54, 1.807) is 0 Å². The molecular formula is C13H19NO2. The Morgan fingerprint density at radius 1 is 1.31 bits per heavy atom. The molecule has 1 unspecified atom stereocenters. The molecule has 0 radical (unpaired) electrons. The van der Waals surface area contributed by atoms with Crippen molar-refractivity contribution in [3.63, 3.8) is 0 Å². The molecule has 3 heteroatoms. The summed E-state index contributed by atoms with van der Waals surface area (Å²) in [6.07, 6.45) is 0. The Morgan fingerprint density at radius 3 is 2.44 bits per heavy atom. The Morgan fingerprint density at radius 2 is 1.94 bits per heavy atom. The summed E-state index contributed by atoms with van der Waals surface area (Å²) in [4.78, 5) is 11.2. The summed E-state index contributed by atoms with van der Waals surface area (Å²) in [5.74, 6) is -0.831. The molecule has 0 saturated heterocycles. The van der Waals surface area contributed by atoms with E-state index in [9.17, 15) is 9.90 Å². The smallest absolute Gasteiger partial charge is 0.325 e. The van der Waals surface area contributed by atoms with Crippen molar-refractivity contribution in [3.05, 3.63) is 34.9 Å². The number of carboxylic acids is 1. The third kappa shape index (κ3) is 3.07. The zero-order valence-electron chi connectivity index (χ0n) is 10.2. The number of benzene rings is 1. The van der Waals surface area contributed by atoms with Crippen molar-refractivity contribution in [1.82, 2.24) is 5.32 Å². The van der Waals surface area contributed by atoms with E-state index in [0.29, 0.717) is 0 Å². The van der Waals surface area contributed by atoms with Crippen LogP contribution >= 0.6 is 0 Å². The van der Waals surface area contributed by atoms with Gasteiger partial charge in [-0.05, 0) is 38.8 Å². The van der Waals surface area contributed by atoms with Crippen LogP contribution in [0.2, 0.25) is 0 Å². The molecule has 3 nitrogen and oxygen atoms in total. The molecule has 1 aromatic carbocycles. The summed E-state index contributed by atoms with van der Waals surface area (Å²) in [6.45, 7) is 7.80. The number of nitrogens with one attached hydrogen (secondary N) is 1. The van der Waals surface area contributed by atoms with Crippen molar-refractivity contribution >= 4 is 5.97 Å². The van der Waals surface area contributed by atoms with Crippen LogP contribution in [0.15, 0.2) is 18.2 Å². The lowest BCUT2D eigenvalue weighted by Crippen LogP contribution is -2.34. The van der Waals surface area contributed by atoms with E-state index in [4.69, 9.17) is 0 Å². The monoisotopic (exact) mass is 221 g/mol. The molecule has 0 amide bonds. The molecular weight excluding hydrogens is 202 g/mol. The van der Waals surface area contributed by atoms with Crippen LogP contribution in [0.4, 0.5) is 0 Å². The quantitative estimate of drug-likeness (QED) is 0.821. The summed E-state index contributed by atoms with van der Waals surface area (Å²) in [6, 6.07) is 5.40. The SMILES string of the molecule is Cc1ccc(C)c(C(NC(C)C)C(=O)O)c1. The molecule has 0 aromatic heterocycles. The largest absolute Gasteiger partial charge is 0.480 e. The van der Waals surface area contributed by atoms with Crippen molar-refractivity contribution in [2.75, 3.05) is 0 Å². The van der Waals surface area contributed by atoms with Crippen LogP contribution in [0.25, 0.3) is 0 Å². The highest BCUT2D eigenvalue weighted by Crippen LogP contribution is 2.20. The number of hydrogen-bond donors (Lipinski definition) is 2. The number of aryl methyl sites for hydroxylation is 2. The zero-order valence-corrected chi connectivity index (χ0v) is 10.2. The Labute approximate surface area is 96.5 Å². The molecule has 0 aliphatic heterocycles. The lowest BCUT2D eigenvalue weighted by atomic mass is 9.98. The molecule has 0 bridgehead atoms. The van der Waals surface area contributed by atoms with Gasteiger partial charge in [0.25, 0.3) is 0 Å². The maximum atomic E-state index is 11.2. The standard InChI is InChI=1S/C13H19NO2/c1-8(2)14-12(13(15)16)11-7-9(3)5-6-10(11)4/h5-8,12,14H,1-4H3,(H,15,16). The van der Waals surface area contributed by atoms with Crippen molar-refractivity contribution in [2.45, 2.75) is 39.8 Å². The molecule has 88 valence electrons. The topological polar surface area (TPSA) is 49.3 Å². The molecule has 0 aliphatic carbocycles. The molecule has 0 fully saturated rings. The van der Waals surface area contributed by atoms with Crippen LogP contribution in [-0.2, 0) is 4.79 Å². The first-order valence-corrected chi connectivity index (χ1v) is 5.48. The minimum absolute atomic E-state index is 0.140. The minimum Gasteiger partial charge on any atom is -0.480 e. The molecule has 1 rings (SSSR count). The van der Waals surface area contributed by atoms with E-state index in [0.717, 1.165) is 16.7 Å². The molecule has 0 spiro atoms. The van der Waals surface area contributed by atoms with E-state index in [-0.39, 0.29) is 6.04 Å². The number of hydrogen-bond acceptors (Lipinski definition) is 2. The summed E-state index contributed by atoms with van der Waals surface area (Å²) >= 11 is 0. The van der Waals surface area contributed by atoms with Gasteiger partial charge in [0.15, 0.2) is 0 Å². The summed E-state index contributed by atoms with van der Waals surface area (Å²) in [5, 5.41) is 12.3. The van der Waals surface area contributed by atoms with Gasteiger partial charge in [0.05, 0.1) is 0 Å². The number of rotatable bonds is 4. The number of carbonyl (C=O) groups is 1. The van der Waals surface area contributed by atoms with Crippen LogP contribution in [0.5, 0.6) is 0 Å². The number of aliphatic carboxylic acids is 1.